The van der Waals surface area contributed by atoms with Gasteiger partial charge in [0.15, 0.2) is 0 Å². The van der Waals surface area contributed by atoms with Crippen LogP contribution in [0.25, 0.3) is 0 Å². The Morgan fingerprint density at radius 1 is 0.168 bits per heavy atom. The lowest BCUT2D eigenvalue weighted by Crippen LogP contribution is -2.03. The summed E-state index contributed by atoms with van der Waals surface area (Å²) in [6.07, 6.45) is 22.1. The van der Waals surface area contributed by atoms with Crippen molar-refractivity contribution in [2.24, 2.45) is 0 Å². The third-order valence-electron chi connectivity index (χ3n) is 18.2. The fourth-order valence-electron chi connectivity index (χ4n) is 12.3. The first-order valence-corrected chi connectivity index (χ1v) is 50.3. The van der Waals surface area contributed by atoms with Gasteiger partial charge in [0.05, 0.1) is 11.4 Å². The lowest BCUT2D eigenvalue weighted by Gasteiger charge is -2.14. The molecule has 0 aliphatic carbocycles. The maximum atomic E-state index is 4.40. The van der Waals surface area contributed by atoms with Gasteiger partial charge in [-0.05, 0) is 203 Å². The van der Waals surface area contributed by atoms with E-state index in [9.17, 15) is 0 Å². The highest BCUT2D eigenvalue weighted by atomic mass is 32.1. The molecule has 0 amide bonds. The number of rotatable bonds is 18. The van der Waals surface area contributed by atoms with Crippen LogP contribution in [0.3, 0.4) is 0 Å². The van der Waals surface area contributed by atoms with Crippen LogP contribution in [-0.4, -0.2) is 49.8 Å². The van der Waals surface area contributed by atoms with Gasteiger partial charge in [0.2, 0.25) is 0 Å². The molecule has 0 radical (unpaired) electrons. The molecule has 0 saturated carbocycles. The summed E-state index contributed by atoms with van der Waals surface area (Å²) in [4.78, 5) is 44.0. The lowest BCUT2D eigenvalue weighted by molar-refractivity contribution is 0.726. The molecule has 8 heterocycles. The standard InChI is InChI=1S/C12H18.4C11H17N.3C10H16N2.C10H16S.9C2H6/c1-9(2)11-7-5-6-8-12(11)10(3)4;2*1-8(2)10-5-6-12-7-11(10)9(3)4;2*1-8(2)10-6-5-7-12-11(10)9(3)4;2*1-7(2)9-5-11-6-12-10(9)8(3)4;1-7(2)9-10(8(3)4)12-6-5-11-9;1-7(2)9-5-6-11-10(9)8(3)4;9*1-2/h5-10H,1-4H3;4*5-9H,1-4H3;3*5-8H,1-4H3;5-8H,1-4H3;9*1-2H3. The summed E-state index contributed by atoms with van der Waals surface area (Å²) >= 11 is 1.89. The van der Waals surface area contributed by atoms with Crippen LogP contribution in [0.5, 0.6) is 0 Å². The Labute approximate surface area is 783 Å². The Hall–Kier alpha value is -7.24. The largest absolute Gasteiger partial charge is 0.264 e. The maximum absolute atomic E-state index is 4.40. The van der Waals surface area contributed by atoms with E-state index in [-0.39, 0.29) is 0 Å². The average Bonchev–Trinajstić information content (AvgIpc) is 1.20. The van der Waals surface area contributed by atoms with Gasteiger partial charge in [-0.1, -0.05) is 410 Å². The van der Waals surface area contributed by atoms with Crippen LogP contribution in [0.15, 0.2) is 147 Å². The lowest BCUT2D eigenvalue weighted by atomic mass is 9.91. The molecule has 716 valence electrons. The van der Waals surface area contributed by atoms with Crippen LogP contribution >= 0.6 is 11.3 Å². The van der Waals surface area contributed by atoms with Gasteiger partial charge < -0.3 is 0 Å². The minimum absolute atomic E-state index is 0.469. The van der Waals surface area contributed by atoms with Crippen molar-refractivity contribution in [1.82, 2.24) is 49.8 Å². The molecule has 0 N–H and O–H groups in total. The van der Waals surface area contributed by atoms with E-state index < -0.39 is 0 Å². The molecule has 11 heteroatoms. The number of thiophene rings is 1. The molecule has 0 saturated heterocycles. The fourth-order valence-corrected chi connectivity index (χ4v) is 13.4. The SMILES string of the molecule is CC.CC.CC.CC.CC.CC.CC.CC.CC.CC(C)c1ccccc1C(C)C.CC(C)c1cccnc1C(C)C.CC(C)c1cccnc1C(C)C.CC(C)c1ccncc1C(C)C.CC(C)c1ccncc1C(C)C.CC(C)c1ccsc1C(C)C.CC(C)c1cncnc1C(C)C.CC(C)c1cncnc1C(C)C.CC(C)c1nccnc1C(C)C. The zero-order valence-electron chi connectivity index (χ0n) is 92.1. The number of benzene rings is 1. The van der Waals surface area contributed by atoms with E-state index in [1.165, 1.54) is 84.0 Å². The molecule has 125 heavy (non-hydrogen) atoms. The molecular formula is C114H204N10S. The highest BCUT2D eigenvalue weighted by molar-refractivity contribution is 7.10. The Morgan fingerprint density at radius 3 is 0.584 bits per heavy atom. The van der Waals surface area contributed by atoms with E-state index in [1.807, 2.05) is 198 Å². The molecule has 9 rings (SSSR count). The second kappa shape index (κ2) is 84.9. The molecule has 0 spiro atoms. The van der Waals surface area contributed by atoms with Gasteiger partial charge in [0, 0.05) is 89.6 Å². The summed E-state index contributed by atoms with van der Waals surface area (Å²) in [6, 6.07) is 23.6. The first-order chi connectivity index (χ1) is 59.1. The Kier molecular flexibility index (Phi) is 92.2. The van der Waals surface area contributed by atoms with Crippen LogP contribution in [-0.2, 0) is 0 Å². The number of aromatic nitrogens is 10. The topological polar surface area (TPSA) is 129 Å². The Bertz CT molecular complexity index is 2900. The summed E-state index contributed by atoms with van der Waals surface area (Å²) in [5.41, 5.74) is 22.6. The third-order valence-corrected chi connectivity index (χ3v) is 19.4. The summed E-state index contributed by atoms with van der Waals surface area (Å²) in [5.74, 6) is 10.2. The Balaban J connectivity index is -0.000000169. The average molecular weight is 1750 g/mol. The molecular weight excluding hydrogens is 1540 g/mol. The zero-order chi connectivity index (χ0) is 99.5. The molecule has 0 atom stereocenters. The molecule has 0 fully saturated rings. The maximum Gasteiger partial charge on any atom is 0.115 e. The second-order valence-corrected chi connectivity index (χ2v) is 34.6. The number of hydrogen-bond donors (Lipinski definition) is 0. The van der Waals surface area contributed by atoms with Gasteiger partial charge in [0.1, 0.15) is 12.7 Å². The first kappa shape index (κ1) is 136. The zero-order valence-corrected chi connectivity index (χ0v) is 92.9. The summed E-state index contributed by atoms with van der Waals surface area (Å²) in [6.45, 7) is 115. The van der Waals surface area contributed by atoms with Crippen molar-refractivity contribution in [3.63, 3.8) is 0 Å². The smallest absolute Gasteiger partial charge is 0.115 e. The summed E-state index contributed by atoms with van der Waals surface area (Å²) in [5, 5.41) is 2.20. The summed E-state index contributed by atoms with van der Waals surface area (Å²) < 4.78 is 0. The minimum atomic E-state index is 0.469. The van der Waals surface area contributed by atoms with E-state index in [0.717, 1.165) is 11.4 Å². The normalized spacial score (nSPS) is 10.0. The van der Waals surface area contributed by atoms with E-state index >= 15 is 0 Å². The van der Waals surface area contributed by atoms with E-state index in [0.29, 0.717) is 107 Å². The molecule has 1 aromatic carbocycles. The number of pyridine rings is 4. The molecule has 8 aromatic heterocycles. The predicted octanol–water partition coefficient (Wildman–Crippen LogP) is 38.6. The minimum Gasteiger partial charge on any atom is -0.264 e. The molecule has 10 nitrogen and oxygen atoms in total. The van der Waals surface area contributed by atoms with Crippen molar-refractivity contribution < 1.29 is 0 Å². The predicted molar refractivity (Wildman–Crippen MR) is 570 cm³/mol. The highest BCUT2D eigenvalue weighted by Crippen LogP contribution is 2.33. The second-order valence-electron chi connectivity index (χ2n) is 33.7. The third kappa shape index (κ3) is 58.0. The van der Waals surface area contributed by atoms with Crippen LogP contribution < -0.4 is 0 Å². The van der Waals surface area contributed by atoms with Gasteiger partial charge in [-0.15, -0.1) is 11.3 Å². The van der Waals surface area contributed by atoms with Gasteiger partial charge in [0.25, 0.3) is 0 Å². The van der Waals surface area contributed by atoms with Gasteiger partial charge >= 0.3 is 0 Å². The fraction of sp³-hybridized carbons (Fsp3) is 0.632. The van der Waals surface area contributed by atoms with Crippen LogP contribution in [0.4, 0.5) is 0 Å². The first-order valence-electron chi connectivity index (χ1n) is 49.5. The molecule has 0 aliphatic rings. The molecule has 0 unspecified atom stereocenters. The number of hydrogen-bond acceptors (Lipinski definition) is 11. The van der Waals surface area contributed by atoms with E-state index in [4.69, 9.17) is 0 Å². The molecule has 9 aromatic rings. The van der Waals surface area contributed by atoms with Crippen molar-refractivity contribution in [3.05, 3.63) is 247 Å². The quantitative estimate of drug-likeness (QED) is 0.0819. The van der Waals surface area contributed by atoms with Crippen molar-refractivity contribution in [2.45, 2.75) is 480 Å². The van der Waals surface area contributed by atoms with Crippen molar-refractivity contribution in [3.8, 4) is 0 Å². The Morgan fingerprint density at radius 2 is 0.384 bits per heavy atom. The van der Waals surface area contributed by atoms with Gasteiger partial charge in [-0.25, -0.2) is 19.9 Å². The van der Waals surface area contributed by atoms with Crippen molar-refractivity contribution in [2.75, 3.05) is 0 Å². The van der Waals surface area contributed by atoms with Crippen molar-refractivity contribution >= 4 is 11.3 Å². The molecule has 0 aliphatic heterocycles. The van der Waals surface area contributed by atoms with Crippen LogP contribution in [0.2, 0.25) is 0 Å². The van der Waals surface area contributed by atoms with E-state index in [2.05, 4.69) is 359 Å². The van der Waals surface area contributed by atoms with E-state index in [1.54, 1.807) is 29.9 Å². The van der Waals surface area contributed by atoms with Crippen LogP contribution in [0, 0.1) is 0 Å². The van der Waals surface area contributed by atoms with Gasteiger partial charge in [-0.3, -0.25) is 29.9 Å². The highest BCUT2D eigenvalue weighted by Gasteiger charge is 2.17. The van der Waals surface area contributed by atoms with Crippen molar-refractivity contribution in [1.29, 1.82) is 0 Å². The van der Waals surface area contributed by atoms with Gasteiger partial charge in [-0.2, -0.15) is 0 Å². The number of nitrogens with zero attached hydrogens (tertiary/aromatic N) is 10. The molecule has 0 bridgehead atoms. The monoisotopic (exact) mass is 1750 g/mol. The summed E-state index contributed by atoms with van der Waals surface area (Å²) in [7, 11) is 0. The van der Waals surface area contributed by atoms with Crippen LogP contribution in [0.1, 0.15) is 581 Å².